The van der Waals surface area contributed by atoms with Crippen LogP contribution in [0.5, 0.6) is 0 Å². The fourth-order valence-electron chi connectivity index (χ4n) is 1.84. The van der Waals surface area contributed by atoms with Gasteiger partial charge in [0.25, 0.3) is 5.91 Å². The molecule has 96 valence electrons. The van der Waals surface area contributed by atoms with Gasteiger partial charge in [-0.3, -0.25) is 9.59 Å². The molecule has 0 aromatic heterocycles. The second-order valence-electron chi connectivity index (χ2n) is 4.18. The van der Waals surface area contributed by atoms with E-state index in [-0.39, 0.29) is 24.3 Å². The lowest BCUT2D eigenvalue weighted by Gasteiger charge is -2.19. The molecule has 1 atom stereocenters. The first-order valence-corrected chi connectivity index (χ1v) is 6.61. The number of nitrogens with one attached hydrogen (secondary N) is 2. The van der Waals surface area contributed by atoms with E-state index in [0.717, 1.165) is 16.7 Å². The highest BCUT2D eigenvalue weighted by molar-refractivity contribution is 9.10. The molecule has 1 aliphatic rings. The standard InChI is InChI=1S/C12H14BrN3O2/c13-8-1-3-9(4-2-8)16-11(17)7-10-12(18)15-6-5-14-10/h1-4,10,14H,5-7H2,(H,15,18)(H,16,17)/p+1/t10-/m0/s1. The van der Waals surface area contributed by atoms with Gasteiger partial charge in [-0.2, -0.15) is 0 Å². The van der Waals surface area contributed by atoms with Crippen molar-refractivity contribution in [1.82, 2.24) is 5.32 Å². The van der Waals surface area contributed by atoms with E-state index >= 15 is 0 Å². The normalized spacial score (nSPS) is 19.2. The summed E-state index contributed by atoms with van der Waals surface area (Å²) in [5.41, 5.74) is 0.736. The third-order valence-corrected chi connectivity index (χ3v) is 3.29. The van der Waals surface area contributed by atoms with E-state index in [1.54, 1.807) is 0 Å². The molecular weight excluding hydrogens is 298 g/mol. The first-order valence-electron chi connectivity index (χ1n) is 5.81. The number of halogens is 1. The minimum atomic E-state index is -0.311. The molecule has 0 aliphatic carbocycles. The monoisotopic (exact) mass is 312 g/mol. The first-order chi connectivity index (χ1) is 8.65. The smallest absolute Gasteiger partial charge is 0.278 e. The van der Waals surface area contributed by atoms with Crippen LogP contribution in [0.3, 0.4) is 0 Å². The lowest BCUT2D eigenvalue weighted by Crippen LogP contribution is -2.96. The average Bonchev–Trinajstić information content (AvgIpc) is 2.35. The number of benzene rings is 1. The van der Waals surface area contributed by atoms with Crippen LogP contribution in [0.25, 0.3) is 0 Å². The molecule has 1 heterocycles. The van der Waals surface area contributed by atoms with Gasteiger partial charge >= 0.3 is 0 Å². The molecule has 1 saturated heterocycles. The molecule has 18 heavy (non-hydrogen) atoms. The highest BCUT2D eigenvalue weighted by Crippen LogP contribution is 2.14. The third-order valence-electron chi connectivity index (χ3n) is 2.76. The van der Waals surface area contributed by atoms with Crippen molar-refractivity contribution in [3.63, 3.8) is 0 Å². The zero-order chi connectivity index (χ0) is 13.0. The molecule has 0 spiro atoms. The molecule has 6 heteroatoms. The van der Waals surface area contributed by atoms with Crippen LogP contribution in [0.2, 0.25) is 0 Å². The van der Waals surface area contributed by atoms with Crippen LogP contribution >= 0.6 is 15.9 Å². The van der Waals surface area contributed by atoms with Crippen molar-refractivity contribution in [2.24, 2.45) is 0 Å². The zero-order valence-corrected chi connectivity index (χ0v) is 11.4. The summed E-state index contributed by atoms with van der Waals surface area (Å²) in [5.74, 6) is -0.206. The Kier molecular flexibility index (Phi) is 4.33. The van der Waals surface area contributed by atoms with Gasteiger partial charge < -0.3 is 16.0 Å². The largest absolute Gasteiger partial charge is 0.345 e. The first kappa shape index (κ1) is 13.0. The topological polar surface area (TPSA) is 74.8 Å². The van der Waals surface area contributed by atoms with E-state index < -0.39 is 0 Å². The Balaban J connectivity index is 1.88. The lowest BCUT2D eigenvalue weighted by atomic mass is 10.1. The van der Waals surface area contributed by atoms with Crippen LogP contribution in [-0.4, -0.2) is 30.9 Å². The van der Waals surface area contributed by atoms with Gasteiger partial charge in [-0.15, -0.1) is 0 Å². The molecule has 0 unspecified atom stereocenters. The number of carbonyl (C=O) groups is 2. The average molecular weight is 313 g/mol. The number of amides is 2. The number of quaternary nitrogens is 1. The summed E-state index contributed by atoms with van der Waals surface area (Å²) < 4.78 is 0.959. The highest BCUT2D eigenvalue weighted by Gasteiger charge is 2.27. The van der Waals surface area contributed by atoms with Crippen LogP contribution < -0.4 is 16.0 Å². The molecular formula is C12H15BrN3O2+. The molecule has 0 bridgehead atoms. The molecule has 1 aromatic rings. The van der Waals surface area contributed by atoms with Gasteiger partial charge in [-0.1, -0.05) is 15.9 Å². The van der Waals surface area contributed by atoms with Gasteiger partial charge in [0.1, 0.15) is 0 Å². The van der Waals surface area contributed by atoms with Crippen molar-refractivity contribution in [3.05, 3.63) is 28.7 Å². The minimum Gasteiger partial charge on any atom is -0.345 e. The highest BCUT2D eigenvalue weighted by atomic mass is 79.9. The van der Waals surface area contributed by atoms with E-state index in [1.807, 2.05) is 29.6 Å². The molecule has 1 aliphatic heterocycles. The number of rotatable bonds is 3. The Morgan fingerprint density at radius 1 is 1.44 bits per heavy atom. The Hall–Kier alpha value is -1.40. The maximum atomic E-state index is 11.8. The molecule has 1 aromatic carbocycles. The maximum absolute atomic E-state index is 11.8. The van der Waals surface area contributed by atoms with Gasteiger partial charge in [0.15, 0.2) is 6.04 Å². The van der Waals surface area contributed by atoms with Crippen LogP contribution in [0.4, 0.5) is 5.69 Å². The van der Waals surface area contributed by atoms with Crippen molar-refractivity contribution in [2.45, 2.75) is 12.5 Å². The van der Waals surface area contributed by atoms with Gasteiger partial charge in [0.2, 0.25) is 5.91 Å². The van der Waals surface area contributed by atoms with E-state index in [1.165, 1.54) is 0 Å². The summed E-state index contributed by atoms with van der Waals surface area (Å²) in [4.78, 5) is 23.3. The predicted molar refractivity (Wildman–Crippen MR) is 71.0 cm³/mol. The van der Waals surface area contributed by atoms with Crippen molar-refractivity contribution in [1.29, 1.82) is 0 Å². The molecule has 5 nitrogen and oxygen atoms in total. The number of hydrogen-bond acceptors (Lipinski definition) is 2. The number of hydrogen-bond donors (Lipinski definition) is 3. The molecule has 1 fully saturated rings. The summed E-state index contributed by atoms with van der Waals surface area (Å²) in [5, 5.41) is 7.43. The van der Waals surface area contributed by atoms with Crippen molar-refractivity contribution in [2.75, 3.05) is 18.4 Å². The number of carbonyl (C=O) groups excluding carboxylic acids is 2. The summed E-state index contributed by atoms with van der Waals surface area (Å²) in [6.45, 7) is 1.49. The minimum absolute atomic E-state index is 0.0628. The molecule has 0 radical (unpaired) electrons. The summed E-state index contributed by atoms with van der Waals surface area (Å²) >= 11 is 3.33. The predicted octanol–water partition coefficient (Wildman–Crippen LogP) is -0.160. The fourth-order valence-corrected chi connectivity index (χ4v) is 2.10. The van der Waals surface area contributed by atoms with E-state index in [9.17, 15) is 9.59 Å². The zero-order valence-electron chi connectivity index (χ0n) is 9.78. The van der Waals surface area contributed by atoms with Gasteiger partial charge in [0.05, 0.1) is 19.5 Å². The molecule has 4 N–H and O–H groups in total. The Bertz CT molecular complexity index is 447. The van der Waals surface area contributed by atoms with Crippen LogP contribution in [0.15, 0.2) is 28.7 Å². The second kappa shape index (κ2) is 5.97. The van der Waals surface area contributed by atoms with Crippen molar-refractivity contribution >= 4 is 33.4 Å². The van der Waals surface area contributed by atoms with Crippen LogP contribution in [0.1, 0.15) is 6.42 Å². The molecule has 2 rings (SSSR count). The Morgan fingerprint density at radius 3 is 2.83 bits per heavy atom. The van der Waals surface area contributed by atoms with Crippen molar-refractivity contribution < 1.29 is 14.9 Å². The second-order valence-corrected chi connectivity index (χ2v) is 5.10. The number of nitrogens with two attached hydrogens (primary N) is 1. The van der Waals surface area contributed by atoms with Crippen LogP contribution in [0, 0.1) is 0 Å². The summed E-state index contributed by atoms with van der Waals surface area (Å²) in [6, 6.07) is 7.03. The van der Waals surface area contributed by atoms with E-state index in [4.69, 9.17) is 0 Å². The van der Waals surface area contributed by atoms with E-state index in [2.05, 4.69) is 26.6 Å². The van der Waals surface area contributed by atoms with Crippen LogP contribution in [-0.2, 0) is 9.59 Å². The summed E-state index contributed by atoms with van der Waals surface area (Å²) in [7, 11) is 0. The summed E-state index contributed by atoms with van der Waals surface area (Å²) in [6.07, 6.45) is 0.196. The Morgan fingerprint density at radius 2 is 2.17 bits per heavy atom. The third kappa shape index (κ3) is 3.54. The molecule has 0 saturated carbocycles. The van der Waals surface area contributed by atoms with Crippen molar-refractivity contribution in [3.8, 4) is 0 Å². The number of anilines is 1. The SMILES string of the molecule is O=C(C[C@@H]1[NH2+]CCNC1=O)Nc1ccc(Br)cc1. The van der Waals surface area contributed by atoms with Gasteiger partial charge in [-0.05, 0) is 24.3 Å². The van der Waals surface area contributed by atoms with Gasteiger partial charge in [0, 0.05) is 10.2 Å². The lowest BCUT2D eigenvalue weighted by molar-refractivity contribution is -0.678. The fraction of sp³-hybridized carbons (Fsp3) is 0.333. The quantitative estimate of drug-likeness (QED) is 0.725. The number of piperazine rings is 1. The van der Waals surface area contributed by atoms with Gasteiger partial charge in [-0.25, -0.2) is 0 Å². The maximum Gasteiger partial charge on any atom is 0.278 e. The molecule has 2 amide bonds. The van der Waals surface area contributed by atoms with E-state index in [0.29, 0.717) is 6.54 Å². The Labute approximate surface area is 113 Å².